The second-order valence-electron chi connectivity index (χ2n) is 19.3. The maximum absolute atomic E-state index is 14.7. The summed E-state index contributed by atoms with van der Waals surface area (Å²) in [7, 11) is 0. The number of amides is 4. The molecule has 1 saturated heterocycles. The van der Waals surface area contributed by atoms with Gasteiger partial charge in [0.1, 0.15) is 24.5 Å². The number of ether oxygens (including phenoxy) is 4. The Morgan fingerprint density at radius 3 is 2.36 bits per heavy atom. The van der Waals surface area contributed by atoms with Crippen molar-refractivity contribution in [3.05, 3.63) is 106 Å². The van der Waals surface area contributed by atoms with Gasteiger partial charge in [0.15, 0.2) is 16.7 Å². The Bertz CT molecular complexity index is 2610. The van der Waals surface area contributed by atoms with E-state index in [4.69, 9.17) is 35.5 Å². The average Bonchev–Trinajstić information content (AvgIpc) is 4.15. The van der Waals surface area contributed by atoms with Gasteiger partial charge in [-0.1, -0.05) is 68.8 Å². The van der Waals surface area contributed by atoms with Gasteiger partial charge in [0.05, 0.1) is 71.8 Å². The number of aliphatic hydroxyl groups excluding tert-OH is 1. The van der Waals surface area contributed by atoms with Gasteiger partial charge < -0.3 is 50.2 Å². The molecule has 3 aromatic heterocycles. The van der Waals surface area contributed by atoms with Gasteiger partial charge in [-0.25, -0.2) is 19.3 Å². The van der Waals surface area contributed by atoms with Crippen LogP contribution in [-0.4, -0.2) is 126 Å². The highest BCUT2D eigenvalue weighted by atomic mass is 35.5. The minimum absolute atomic E-state index is 0.0142. The molecule has 73 heavy (non-hydrogen) atoms. The number of hydrogen-bond donors (Lipinski definition) is 5. The van der Waals surface area contributed by atoms with E-state index >= 15 is 0 Å². The molecule has 1 saturated carbocycles. The lowest BCUT2D eigenvalue weighted by Gasteiger charge is -2.39. The van der Waals surface area contributed by atoms with Crippen molar-refractivity contribution in [3.63, 3.8) is 0 Å². The van der Waals surface area contributed by atoms with E-state index in [1.165, 1.54) is 22.3 Å². The summed E-state index contributed by atoms with van der Waals surface area (Å²) in [5.74, 6) is -1.39. The van der Waals surface area contributed by atoms with Gasteiger partial charge in [0, 0.05) is 49.7 Å². The molecule has 5 aromatic rings. The van der Waals surface area contributed by atoms with Crippen LogP contribution in [0, 0.1) is 23.6 Å². The Balaban J connectivity index is 0.801. The molecule has 0 radical (unpaired) electrons. The zero-order chi connectivity index (χ0) is 52.0. The number of halogens is 2. The van der Waals surface area contributed by atoms with Crippen LogP contribution in [-0.2, 0) is 46.4 Å². The monoisotopic (exact) mass is 1060 g/mol. The molecule has 2 aliphatic rings. The molecule has 2 fully saturated rings. The first-order valence-corrected chi connectivity index (χ1v) is 26.5. The fourth-order valence-electron chi connectivity index (χ4n) is 8.90. The van der Waals surface area contributed by atoms with Crippen LogP contribution < -0.4 is 26.0 Å². The third-order valence-corrected chi connectivity index (χ3v) is 14.8. The second-order valence-corrected chi connectivity index (χ2v) is 21.4. The summed E-state index contributed by atoms with van der Waals surface area (Å²) in [5.41, 5.74) is 3.90. The van der Waals surface area contributed by atoms with Crippen LogP contribution in [0.3, 0.4) is 0 Å². The summed E-state index contributed by atoms with van der Waals surface area (Å²) in [5, 5.41) is 25.1. The standard InChI is InChI=1S/C52H64ClFN8O9S2/c1-33-45(73-32-58-33)35-13-11-34(12-14-35)29-57-47(65)40-27-37(63)30-62(40)48(66)46(51(2,3)4)61-43(64)31-70-25-24-69-23-22-68-21-19-55-49(67)52(28-36-7-5-10-42(59-36)60-50-56-20-26-72-50)17-15-38(16-18-52)71-41-9-6-8-39(53)44(41)54/h5-14,20,26,32,37-38,40,46,63H,15-19,21-25,27-31H2,1-4H3,(H,55,67)(H,57,65)(H,61,64)(H,56,59,60)/t37-,38?,40+,46-,52?/m1/s1. The number of rotatable bonds is 24. The van der Waals surface area contributed by atoms with Crippen LogP contribution in [0.2, 0.25) is 5.02 Å². The minimum atomic E-state index is -0.996. The maximum Gasteiger partial charge on any atom is 0.246 e. The number of aliphatic hydroxyl groups is 1. The minimum Gasteiger partial charge on any atom is -0.487 e. The number of anilines is 2. The van der Waals surface area contributed by atoms with Gasteiger partial charge in [0.2, 0.25) is 23.6 Å². The number of pyridine rings is 1. The molecule has 0 spiro atoms. The first-order chi connectivity index (χ1) is 35.1. The van der Waals surface area contributed by atoms with Gasteiger partial charge in [-0.05, 0) is 73.4 Å². The molecule has 4 amide bonds. The largest absolute Gasteiger partial charge is 0.487 e. The lowest BCUT2D eigenvalue weighted by molar-refractivity contribution is -0.144. The summed E-state index contributed by atoms with van der Waals surface area (Å²) in [6, 6.07) is 16.2. The first kappa shape index (κ1) is 55.1. The molecule has 7 rings (SSSR count). The smallest absolute Gasteiger partial charge is 0.246 e. The van der Waals surface area contributed by atoms with Crippen LogP contribution in [0.25, 0.3) is 10.4 Å². The lowest BCUT2D eigenvalue weighted by atomic mass is 9.69. The molecule has 1 aliphatic carbocycles. The van der Waals surface area contributed by atoms with Crippen molar-refractivity contribution in [2.24, 2.45) is 10.8 Å². The average molecular weight is 1060 g/mol. The molecule has 1 aliphatic heterocycles. The van der Waals surface area contributed by atoms with Crippen molar-refractivity contribution in [1.29, 1.82) is 0 Å². The van der Waals surface area contributed by atoms with Crippen LogP contribution in [0.1, 0.15) is 69.8 Å². The topological polar surface area (TPSA) is 215 Å². The molecule has 17 nitrogen and oxygen atoms in total. The number of aryl methyl sites for hydroxylation is 1. The van der Waals surface area contributed by atoms with E-state index in [0.29, 0.717) is 43.1 Å². The number of hydrogen-bond acceptors (Lipinski definition) is 15. The number of nitrogens with one attached hydrogen (secondary N) is 4. The fraction of sp³-hybridized carbons (Fsp3) is 0.481. The predicted octanol–water partition coefficient (Wildman–Crippen LogP) is 7.03. The zero-order valence-corrected chi connectivity index (χ0v) is 43.9. The number of aromatic nitrogens is 3. The van der Waals surface area contributed by atoms with E-state index < -0.39 is 46.6 Å². The predicted molar refractivity (Wildman–Crippen MR) is 277 cm³/mol. The summed E-state index contributed by atoms with van der Waals surface area (Å²) in [6.07, 6.45) is 3.00. The van der Waals surface area contributed by atoms with E-state index in [-0.39, 0.29) is 94.4 Å². The maximum atomic E-state index is 14.7. The molecule has 392 valence electrons. The fourth-order valence-corrected chi connectivity index (χ4v) is 10.4. The number of likely N-dealkylation sites (tertiary alicyclic amines) is 1. The van der Waals surface area contributed by atoms with E-state index in [9.17, 15) is 28.7 Å². The Labute approximate surface area is 437 Å². The van der Waals surface area contributed by atoms with E-state index in [1.54, 1.807) is 35.2 Å². The summed E-state index contributed by atoms with van der Waals surface area (Å²) in [4.78, 5) is 70.4. The molecular weight excluding hydrogens is 999 g/mol. The first-order valence-electron chi connectivity index (χ1n) is 24.4. The molecule has 21 heteroatoms. The number of carbonyl (C=O) groups excluding carboxylic acids is 4. The van der Waals surface area contributed by atoms with Crippen LogP contribution in [0.15, 0.2) is 77.8 Å². The van der Waals surface area contributed by atoms with Crippen molar-refractivity contribution in [3.8, 4) is 16.2 Å². The Kier molecular flexibility index (Phi) is 19.7. The number of thiazole rings is 2. The van der Waals surface area contributed by atoms with Crippen molar-refractivity contribution in [2.45, 2.75) is 97.1 Å². The number of nitrogens with zero attached hydrogens (tertiary/aromatic N) is 4. The highest BCUT2D eigenvalue weighted by Gasteiger charge is 2.45. The van der Waals surface area contributed by atoms with Gasteiger partial charge in [-0.3, -0.25) is 19.2 Å². The van der Waals surface area contributed by atoms with Crippen molar-refractivity contribution < 1.29 is 47.6 Å². The Morgan fingerprint density at radius 2 is 1.66 bits per heavy atom. The molecule has 0 bridgehead atoms. The molecule has 4 heterocycles. The van der Waals surface area contributed by atoms with Crippen molar-refractivity contribution in [2.75, 3.05) is 58.0 Å². The summed E-state index contributed by atoms with van der Waals surface area (Å²) < 4.78 is 37.6. The normalized spacial score (nSPS) is 19.3. The summed E-state index contributed by atoms with van der Waals surface area (Å²) in [6.45, 7) is 8.57. The van der Waals surface area contributed by atoms with Crippen LogP contribution in [0.5, 0.6) is 5.75 Å². The number of β-amino-alcohol motifs (C(OH)–C–C–N with tert-alkyl or cyclic N) is 1. The van der Waals surface area contributed by atoms with E-state index in [2.05, 4.69) is 31.2 Å². The van der Waals surface area contributed by atoms with Crippen molar-refractivity contribution >= 4 is 68.9 Å². The van der Waals surface area contributed by atoms with Crippen LogP contribution >= 0.6 is 34.3 Å². The second kappa shape index (κ2) is 26.0. The van der Waals surface area contributed by atoms with E-state index in [0.717, 1.165) is 27.4 Å². The highest BCUT2D eigenvalue weighted by molar-refractivity contribution is 7.13. The lowest BCUT2D eigenvalue weighted by Crippen LogP contribution is -2.58. The Morgan fingerprint density at radius 1 is 0.932 bits per heavy atom. The van der Waals surface area contributed by atoms with Gasteiger partial charge in [-0.2, -0.15) is 0 Å². The highest BCUT2D eigenvalue weighted by Crippen LogP contribution is 2.41. The molecule has 3 atom stereocenters. The zero-order valence-electron chi connectivity index (χ0n) is 41.5. The van der Waals surface area contributed by atoms with Gasteiger partial charge in [0.25, 0.3) is 0 Å². The molecule has 0 unspecified atom stereocenters. The molecular formula is C52H64ClFN8O9S2. The van der Waals surface area contributed by atoms with Crippen molar-refractivity contribution in [1.82, 2.24) is 35.8 Å². The Hall–Kier alpha value is -5.61. The van der Waals surface area contributed by atoms with Gasteiger partial charge >= 0.3 is 0 Å². The van der Waals surface area contributed by atoms with E-state index in [1.807, 2.05) is 75.5 Å². The molecule has 5 N–H and O–H groups in total. The number of benzene rings is 2. The SMILES string of the molecule is Cc1ncsc1-c1ccc(CNC(=O)[C@@H]2C[C@@H](O)CN2C(=O)[C@@H](NC(=O)COCCOCCOCCNC(=O)C2(Cc3cccc(Nc4nccs4)n3)CCC(Oc3cccc(Cl)c3F)CC2)C(C)(C)C)cc1. The van der Waals surface area contributed by atoms with Crippen LogP contribution in [0.4, 0.5) is 15.3 Å². The third-order valence-electron chi connectivity index (χ3n) is 12.8. The molecule has 2 aromatic carbocycles. The van der Waals surface area contributed by atoms with Gasteiger partial charge in [-0.15, -0.1) is 22.7 Å². The quantitative estimate of drug-likeness (QED) is 0.0393. The number of carbonyl (C=O) groups is 4. The summed E-state index contributed by atoms with van der Waals surface area (Å²) >= 11 is 9.01. The third kappa shape index (κ3) is 15.5.